The Hall–Kier alpha value is -0.870. The Morgan fingerprint density at radius 2 is 2.32 bits per heavy atom. The van der Waals surface area contributed by atoms with E-state index < -0.39 is 0 Å². The number of morpholine rings is 1. The van der Waals surface area contributed by atoms with Crippen molar-refractivity contribution < 1.29 is 14.3 Å². The first-order valence-corrected chi connectivity index (χ1v) is 7.45. The summed E-state index contributed by atoms with van der Waals surface area (Å²) < 4.78 is 11.3. The maximum absolute atomic E-state index is 12.7. The second-order valence-corrected chi connectivity index (χ2v) is 5.73. The fourth-order valence-electron chi connectivity index (χ4n) is 3.64. The summed E-state index contributed by atoms with van der Waals surface area (Å²) in [4.78, 5) is 14.7. The largest absolute Gasteiger partial charge is 0.379 e. The summed E-state index contributed by atoms with van der Waals surface area (Å²) in [6, 6.07) is 0.217. The Morgan fingerprint density at radius 1 is 1.42 bits per heavy atom. The van der Waals surface area contributed by atoms with Gasteiger partial charge in [-0.15, -0.1) is 0 Å². The highest BCUT2D eigenvalue weighted by Crippen LogP contribution is 2.33. The Bertz CT molecular complexity index is 380. The van der Waals surface area contributed by atoms with Crippen LogP contribution >= 0.6 is 0 Å². The van der Waals surface area contributed by atoms with Gasteiger partial charge in [-0.05, 0) is 38.5 Å². The lowest BCUT2D eigenvalue weighted by Crippen LogP contribution is -2.54. The lowest BCUT2D eigenvalue weighted by atomic mass is 9.97. The number of rotatable bonds is 2. The summed E-state index contributed by atoms with van der Waals surface area (Å²) in [6.07, 6.45) is 8.74. The highest BCUT2D eigenvalue weighted by molar-refractivity contribution is 5.93. The van der Waals surface area contributed by atoms with E-state index in [1.54, 1.807) is 7.11 Å². The fourth-order valence-corrected chi connectivity index (χ4v) is 3.64. The molecule has 0 unspecified atom stereocenters. The van der Waals surface area contributed by atoms with Crippen LogP contribution in [0.1, 0.15) is 38.5 Å². The van der Waals surface area contributed by atoms with Crippen molar-refractivity contribution >= 4 is 5.91 Å². The predicted molar refractivity (Wildman–Crippen MR) is 71.8 cm³/mol. The lowest BCUT2D eigenvalue weighted by molar-refractivity contribution is -0.146. The van der Waals surface area contributed by atoms with Gasteiger partial charge < -0.3 is 14.4 Å². The molecule has 0 aromatic rings. The van der Waals surface area contributed by atoms with Gasteiger partial charge in [0.1, 0.15) is 6.10 Å². The van der Waals surface area contributed by atoms with Gasteiger partial charge in [-0.3, -0.25) is 4.79 Å². The van der Waals surface area contributed by atoms with Crippen molar-refractivity contribution in [3.05, 3.63) is 11.6 Å². The topological polar surface area (TPSA) is 38.8 Å². The minimum Gasteiger partial charge on any atom is -0.379 e. The van der Waals surface area contributed by atoms with Crippen LogP contribution in [-0.4, -0.2) is 49.3 Å². The van der Waals surface area contributed by atoms with E-state index in [2.05, 4.69) is 6.08 Å². The van der Waals surface area contributed by atoms with Crippen molar-refractivity contribution in [2.24, 2.45) is 0 Å². The first-order chi connectivity index (χ1) is 9.31. The van der Waals surface area contributed by atoms with Gasteiger partial charge in [0.15, 0.2) is 0 Å². The van der Waals surface area contributed by atoms with Crippen LogP contribution in [0.15, 0.2) is 11.6 Å². The molecule has 0 radical (unpaired) electrons. The average Bonchev–Trinajstić information content (AvgIpc) is 2.90. The molecule has 4 heteroatoms. The number of ether oxygens (including phenoxy) is 2. The number of methoxy groups -OCH3 is 1. The van der Waals surface area contributed by atoms with Crippen molar-refractivity contribution in [1.82, 2.24) is 4.90 Å². The normalized spacial score (nSPS) is 34.9. The van der Waals surface area contributed by atoms with Crippen molar-refractivity contribution in [1.29, 1.82) is 0 Å². The molecule has 1 saturated heterocycles. The van der Waals surface area contributed by atoms with Crippen LogP contribution in [-0.2, 0) is 14.3 Å². The van der Waals surface area contributed by atoms with E-state index >= 15 is 0 Å². The Kier molecular flexibility index (Phi) is 3.89. The number of hydrogen-bond donors (Lipinski definition) is 0. The molecule has 1 amide bonds. The maximum Gasteiger partial charge on any atom is 0.249 e. The van der Waals surface area contributed by atoms with E-state index in [0.29, 0.717) is 6.61 Å². The van der Waals surface area contributed by atoms with Gasteiger partial charge in [0, 0.05) is 19.2 Å². The molecule has 0 aromatic carbocycles. The minimum atomic E-state index is 0.0758. The Labute approximate surface area is 114 Å². The SMILES string of the molecule is CO[C@@H]1CC[C@@H]2[C@@H]1OCCN2C(=O)C1=CCCCC1. The van der Waals surface area contributed by atoms with Crippen molar-refractivity contribution in [3.8, 4) is 0 Å². The van der Waals surface area contributed by atoms with Gasteiger partial charge in [-0.1, -0.05) is 6.08 Å². The lowest BCUT2D eigenvalue weighted by Gasteiger charge is -2.39. The molecular formula is C15H23NO3. The standard InChI is InChI=1S/C15H23NO3/c1-18-13-8-7-12-14(13)19-10-9-16(12)15(17)11-5-3-2-4-6-11/h5,12-14H,2-4,6-10H2,1H3/t12-,13-,14+/m1/s1. The molecule has 4 nitrogen and oxygen atoms in total. The van der Waals surface area contributed by atoms with E-state index in [9.17, 15) is 4.79 Å². The number of allylic oxidation sites excluding steroid dienone is 1. The van der Waals surface area contributed by atoms with Gasteiger partial charge in [0.25, 0.3) is 0 Å². The van der Waals surface area contributed by atoms with Crippen LogP contribution < -0.4 is 0 Å². The van der Waals surface area contributed by atoms with Crippen molar-refractivity contribution in [2.45, 2.75) is 56.8 Å². The zero-order valence-corrected chi connectivity index (χ0v) is 11.6. The third-order valence-electron chi connectivity index (χ3n) is 4.66. The summed E-state index contributed by atoms with van der Waals surface area (Å²) in [6.45, 7) is 1.37. The molecular weight excluding hydrogens is 242 g/mol. The van der Waals surface area contributed by atoms with Gasteiger partial charge in [0.05, 0.1) is 18.8 Å². The molecule has 2 aliphatic carbocycles. The number of fused-ring (bicyclic) bond motifs is 1. The van der Waals surface area contributed by atoms with Crippen LogP contribution in [0.4, 0.5) is 0 Å². The molecule has 3 rings (SSSR count). The Morgan fingerprint density at radius 3 is 3.05 bits per heavy atom. The van der Waals surface area contributed by atoms with Crippen LogP contribution in [0, 0.1) is 0 Å². The molecule has 0 aromatic heterocycles. The third-order valence-corrected chi connectivity index (χ3v) is 4.66. The van der Waals surface area contributed by atoms with Gasteiger partial charge >= 0.3 is 0 Å². The smallest absolute Gasteiger partial charge is 0.249 e. The summed E-state index contributed by atoms with van der Waals surface area (Å²) in [5, 5.41) is 0. The number of carbonyl (C=O) groups excluding carboxylic acids is 1. The minimum absolute atomic E-state index is 0.0758. The zero-order valence-electron chi connectivity index (χ0n) is 11.6. The monoisotopic (exact) mass is 265 g/mol. The Balaban J connectivity index is 1.73. The van der Waals surface area contributed by atoms with E-state index in [-0.39, 0.29) is 24.2 Å². The molecule has 1 aliphatic heterocycles. The fraction of sp³-hybridized carbons (Fsp3) is 0.800. The van der Waals surface area contributed by atoms with Gasteiger partial charge in [0.2, 0.25) is 5.91 Å². The molecule has 106 valence electrons. The summed E-state index contributed by atoms with van der Waals surface area (Å²) in [5.74, 6) is 0.245. The summed E-state index contributed by atoms with van der Waals surface area (Å²) in [7, 11) is 1.74. The molecule has 3 aliphatic rings. The third kappa shape index (κ3) is 2.43. The number of carbonyl (C=O) groups is 1. The summed E-state index contributed by atoms with van der Waals surface area (Å²) in [5.41, 5.74) is 1.02. The first-order valence-electron chi connectivity index (χ1n) is 7.45. The molecule has 1 saturated carbocycles. The maximum atomic E-state index is 12.7. The van der Waals surface area contributed by atoms with Crippen LogP contribution in [0.2, 0.25) is 0 Å². The molecule has 0 bridgehead atoms. The van der Waals surface area contributed by atoms with Gasteiger partial charge in [-0.25, -0.2) is 0 Å². The zero-order chi connectivity index (χ0) is 13.2. The second kappa shape index (κ2) is 5.63. The average molecular weight is 265 g/mol. The molecule has 3 atom stereocenters. The van der Waals surface area contributed by atoms with Crippen LogP contribution in [0.3, 0.4) is 0 Å². The molecule has 0 N–H and O–H groups in total. The van der Waals surface area contributed by atoms with Crippen molar-refractivity contribution in [3.63, 3.8) is 0 Å². The number of amides is 1. The van der Waals surface area contributed by atoms with Gasteiger partial charge in [-0.2, -0.15) is 0 Å². The molecule has 19 heavy (non-hydrogen) atoms. The second-order valence-electron chi connectivity index (χ2n) is 5.73. The predicted octanol–water partition coefficient (Wildman–Crippen LogP) is 1.89. The molecule has 1 heterocycles. The van der Waals surface area contributed by atoms with Crippen LogP contribution in [0.25, 0.3) is 0 Å². The first kappa shape index (κ1) is 13.1. The summed E-state index contributed by atoms with van der Waals surface area (Å²) >= 11 is 0. The molecule has 0 spiro atoms. The van der Waals surface area contributed by atoms with E-state index in [1.165, 1.54) is 6.42 Å². The highest BCUT2D eigenvalue weighted by atomic mass is 16.5. The highest BCUT2D eigenvalue weighted by Gasteiger charge is 2.44. The van der Waals surface area contributed by atoms with Crippen molar-refractivity contribution in [2.75, 3.05) is 20.3 Å². The van der Waals surface area contributed by atoms with E-state index in [0.717, 1.165) is 44.2 Å². The quantitative estimate of drug-likeness (QED) is 0.765. The van der Waals surface area contributed by atoms with E-state index in [4.69, 9.17) is 9.47 Å². The molecule has 2 fully saturated rings. The number of hydrogen-bond acceptors (Lipinski definition) is 3. The van der Waals surface area contributed by atoms with Crippen LogP contribution in [0.5, 0.6) is 0 Å². The number of nitrogens with zero attached hydrogens (tertiary/aromatic N) is 1. The van der Waals surface area contributed by atoms with E-state index in [1.807, 2.05) is 4.90 Å².